The highest BCUT2D eigenvalue weighted by atomic mass is 32.2. The van der Waals surface area contributed by atoms with Gasteiger partial charge in [0.2, 0.25) is 0 Å². The maximum Gasteiger partial charge on any atom is 0.269 e. The summed E-state index contributed by atoms with van der Waals surface area (Å²) in [6.07, 6.45) is 1.68. The van der Waals surface area contributed by atoms with Crippen molar-refractivity contribution in [2.75, 3.05) is 24.8 Å². The highest BCUT2D eigenvalue weighted by molar-refractivity contribution is 8.03. The van der Waals surface area contributed by atoms with Crippen LogP contribution in [-0.2, 0) is 9.59 Å². The number of rotatable bonds is 11. The molecule has 1 heterocycles. The number of hydrogen-bond donors (Lipinski definition) is 3. The third-order valence-electron chi connectivity index (χ3n) is 5.66. The van der Waals surface area contributed by atoms with E-state index in [9.17, 15) is 19.2 Å². The SMILES string of the molecule is C=N/C(C(N)=O)=C(/NC)SCNc1ccc2ccccc2c1.O=CCCCN1C(=O)c2ccccc2C1=O. The Morgan fingerprint density at radius 3 is 2.24 bits per heavy atom. The number of unbranched alkanes of at least 4 members (excludes halogenated alkanes) is 1. The summed E-state index contributed by atoms with van der Waals surface area (Å²) in [6, 6.07) is 21.1. The third-order valence-corrected chi connectivity index (χ3v) is 6.63. The van der Waals surface area contributed by atoms with Gasteiger partial charge in [-0.3, -0.25) is 24.3 Å². The molecule has 0 bridgehead atoms. The van der Waals surface area contributed by atoms with Crippen molar-refractivity contribution in [3.05, 3.63) is 88.6 Å². The number of nitrogens with two attached hydrogens (primary N) is 1. The van der Waals surface area contributed by atoms with E-state index in [1.807, 2.05) is 18.2 Å². The molecule has 1 aliphatic rings. The largest absolute Gasteiger partial charge is 0.381 e. The van der Waals surface area contributed by atoms with Crippen molar-refractivity contribution in [3.63, 3.8) is 0 Å². The number of thioether (sulfide) groups is 1. The monoisotopic (exact) mass is 531 g/mol. The minimum atomic E-state index is -0.599. The van der Waals surface area contributed by atoms with Crippen LogP contribution in [0.25, 0.3) is 10.8 Å². The Bertz CT molecular complexity index is 1350. The first-order valence-electron chi connectivity index (χ1n) is 11.8. The second-order valence-electron chi connectivity index (χ2n) is 8.09. The van der Waals surface area contributed by atoms with Gasteiger partial charge < -0.3 is 21.2 Å². The van der Waals surface area contributed by atoms with Crippen molar-refractivity contribution in [2.45, 2.75) is 12.8 Å². The molecule has 0 saturated carbocycles. The van der Waals surface area contributed by atoms with Gasteiger partial charge >= 0.3 is 0 Å². The fourth-order valence-corrected chi connectivity index (χ4v) is 4.62. The molecule has 3 aromatic carbocycles. The topological polar surface area (TPSA) is 134 Å². The molecule has 0 atom stereocenters. The number of aliphatic imine (C=N–C) groups is 1. The quantitative estimate of drug-likeness (QED) is 0.0856. The average molecular weight is 532 g/mol. The van der Waals surface area contributed by atoms with E-state index in [-0.39, 0.29) is 17.5 Å². The number of carbonyl (C=O) groups is 4. The van der Waals surface area contributed by atoms with Crippen molar-refractivity contribution in [1.82, 2.24) is 10.2 Å². The molecule has 0 unspecified atom stereocenters. The molecule has 0 radical (unpaired) electrons. The van der Waals surface area contributed by atoms with Crippen LogP contribution in [0.4, 0.5) is 5.69 Å². The summed E-state index contributed by atoms with van der Waals surface area (Å²) >= 11 is 1.41. The van der Waals surface area contributed by atoms with E-state index < -0.39 is 5.91 Å². The van der Waals surface area contributed by atoms with Gasteiger partial charge in [0.15, 0.2) is 5.70 Å². The van der Waals surface area contributed by atoms with Crippen molar-refractivity contribution >= 4 is 58.9 Å². The van der Waals surface area contributed by atoms with Crippen LogP contribution in [-0.4, -0.2) is 55.1 Å². The van der Waals surface area contributed by atoms with Gasteiger partial charge in [-0.05, 0) is 48.2 Å². The number of nitrogens with one attached hydrogen (secondary N) is 2. The minimum Gasteiger partial charge on any atom is -0.381 e. The average Bonchev–Trinajstić information content (AvgIpc) is 3.17. The maximum atomic E-state index is 11.8. The van der Waals surface area contributed by atoms with Crippen LogP contribution in [0.15, 0.2) is 82.4 Å². The number of aldehydes is 1. The Kier molecular flexibility index (Phi) is 10.2. The van der Waals surface area contributed by atoms with Gasteiger partial charge in [0, 0.05) is 25.7 Å². The summed E-state index contributed by atoms with van der Waals surface area (Å²) in [4.78, 5) is 49.9. The zero-order valence-electron chi connectivity index (χ0n) is 21.0. The van der Waals surface area contributed by atoms with Crippen molar-refractivity contribution < 1.29 is 19.2 Å². The number of carbonyl (C=O) groups excluding carboxylic acids is 4. The van der Waals surface area contributed by atoms with Crippen LogP contribution in [0.3, 0.4) is 0 Å². The van der Waals surface area contributed by atoms with Crippen LogP contribution in [0, 0.1) is 0 Å². The van der Waals surface area contributed by atoms with Crippen LogP contribution >= 0.6 is 11.8 Å². The van der Waals surface area contributed by atoms with Crippen molar-refractivity contribution in [3.8, 4) is 0 Å². The zero-order chi connectivity index (χ0) is 27.5. The maximum absolute atomic E-state index is 11.8. The lowest BCUT2D eigenvalue weighted by Gasteiger charge is -2.12. The van der Waals surface area contributed by atoms with Crippen LogP contribution in [0.1, 0.15) is 33.6 Å². The molecule has 1 aliphatic heterocycles. The number of amides is 3. The highest BCUT2D eigenvalue weighted by Gasteiger charge is 2.34. The number of imide groups is 1. The molecule has 0 saturated heterocycles. The van der Waals surface area contributed by atoms with E-state index >= 15 is 0 Å². The summed E-state index contributed by atoms with van der Waals surface area (Å²) in [5, 5.41) is 9.18. The lowest BCUT2D eigenvalue weighted by atomic mass is 10.1. The molecule has 38 heavy (non-hydrogen) atoms. The second-order valence-corrected chi connectivity index (χ2v) is 9.08. The molecule has 4 N–H and O–H groups in total. The van der Waals surface area contributed by atoms with E-state index in [1.165, 1.54) is 27.4 Å². The zero-order valence-corrected chi connectivity index (χ0v) is 21.8. The van der Waals surface area contributed by atoms with Gasteiger partial charge in [0.1, 0.15) is 11.3 Å². The number of hydrogen-bond acceptors (Lipinski definition) is 8. The first kappa shape index (κ1) is 28.1. The highest BCUT2D eigenvalue weighted by Crippen LogP contribution is 2.23. The molecule has 3 amide bonds. The number of nitrogens with zero attached hydrogens (tertiary/aromatic N) is 2. The first-order valence-corrected chi connectivity index (χ1v) is 12.8. The van der Waals surface area contributed by atoms with E-state index in [0.717, 1.165) is 12.0 Å². The Morgan fingerprint density at radius 2 is 1.66 bits per heavy atom. The molecular weight excluding hydrogens is 502 g/mol. The lowest BCUT2D eigenvalue weighted by Crippen LogP contribution is -2.30. The predicted octanol–water partition coefficient (Wildman–Crippen LogP) is 3.78. The van der Waals surface area contributed by atoms with Crippen LogP contribution in [0.5, 0.6) is 0 Å². The summed E-state index contributed by atoms with van der Waals surface area (Å²) in [6.45, 7) is 3.68. The Morgan fingerprint density at radius 1 is 1.03 bits per heavy atom. The molecule has 0 aromatic heterocycles. The summed E-state index contributed by atoms with van der Waals surface area (Å²) in [7, 11) is 1.71. The third kappa shape index (κ3) is 6.86. The molecule has 196 valence electrons. The first-order chi connectivity index (χ1) is 18.4. The summed E-state index contributed by atoms with van der Waals surface area (Å²) in [5.74, 6) is -0.545. The van der Waals surface area contributed by atoms with Gasteiger partial charge in [-0.15, -0.1) is 0 Å². The van der Waals surface area contributed by atoms with Crippen molar-refractivity contribution in [2.24, 2.45) is 10.7 Å². The van der Waals surface area contributed by atoms with Gasteiger partial charge in [-0.1, -0.05) is 54.2 Å². The molecule has 3 aromatic rings. The Balaban J connectivity index is 0.000000221. The standard InChI is InChI=1S/C16H18N4OS.C12H11NO3/c1-18-14(15(17)21)16(19-2)22-10-20-13-8-7-11-5-3-4-6-12(11)9-13;14-8-4-3-7-13-11(15)9-5-1-2-6-10(9)12(13)16/h3-9,19-20H,1,10H2,2H3,(H2,17,21);1-2,5-6,8H,3-4,7H2/b16-14-;. The van der Waals surface area contributed by atoms with E-state index in [2.05, 4.69) is 46.6 Å². The number of primary amides is 1. The van der Waals surface area contributed by atoms with E-state index in [0.29, 0.717) is 41.4 Å². The normalized spacial score (nSPS) is 12.7. The van der Waals surface area contributed by atoms with Crippen molar-refractivity contribution in [1.29, 1.82) is 0 Å². The number of benzene rings is 3. The molecule has 0 spiro atoms. The molecule has 4 rings (SSSR count). The van der Waals surface area contributed by atoms with Crippen LogP contribution < -0.4 is 16.4 Å². The second kappa shape index (κ2) is 13.8. The fourth-order valence-electron chi connectivity index (χ4n) is 3.79. The number of anilines is 1. The molecule has 0 fully saturated rings. The summed E-state index contributed by atoms with van der Waals surface area (Å²) in [5.41, 5.74) is 7.33. The van der Waals surface area contributed by atoms with Crippen LogP contribution in [0.2, 0.25) is 0 Å². The fraction of sp³-hybridized carbons (Fsp3) is 0.179. The molecule has 10 heteroatoms. The smallest absolute Gasteiger partial charge is 0.269 e. The Labute approximate surface area is 225 Å². The van der Waals surface area contributed by atoms with Gasteiger partial charge in [-0.2, -0.15) is 0 Å². The Hall–Kier alpha value is -4.44. The van der Waals surface area contributed by atoms with Gasteiger partial charge in [-0.25, -0.2) is 0 Å². The molecular formula is C28H29N5O4S. The molecule has 0 aliphatic carbocycles. The number of fused-ring (bicyclic) bond motifs is 2. The van der Waals surface area contributed by atoms with Gasteiger partial charge in [0.05, 0.1) is 17.0 Å². The van der Waals surface area contributed by atoms with Gasteiger partial charge in [0.25, 0.3) is 17.7 Å². The minimum absolute atomic E-state index is 0.146. The van der Waals surface area contributed by atoms with E-state index in [1.54, 1.807) is 31.3 Å². The van der Waals surface area contributed by atoms with E-state index in [4.69, 9.17) is 5.73 Å². The molecule has 9 nitrogen and oxygen atoms in total. The predicted molar refractivity (Wildman–Crippen MR) is 152 cm³/mol. The lowest BCUT2D eigenvalue weighted by molar-refractivity contribution is -0.114. The summed E-state index contributed by atoms with van der Waals surface area (Å²) < 4.78 is 0.